The molecule has 28 heavy (non-hydrogen) atoms. The molecule has 0 unspecified atom stereocenters. The summed E-state index contributed by atoms with van der Waals surface area (Å²) < 4.78 is 55.5. The Bertz CT molecular complexity index is 1250. The maximum absolute atomic E-state index is 13.0. The summed E-state index contributed by atoms with van der Waals surface area (Å²) in [6, 6.07) is 14.1. The van der Waals surface area contributed by atoms with Crippen LogP contribution in [0.2, 0.25) is 5.02 Å². The largest absolute Gasteiger partial charge is 0.279 e. The maximum atomic E-state index is 13.0. The van der Waals surface area contributed by atoms with E-state index in [-0.39, 0.29) is 15.5 Å². The molecule has 2 aromatic carbocycles. The van der Waals surface area contributed by atoms with Gasteiger partial charge in [-0.2, -0.15) is 0 Å². The summed E-state index contributed by atoms with van der Waals surface area (Å²) in [7, 11) is -7.95. The third kappa shape index (κ3) is 3.55. The topological polar surface area (TPSA) is 85.2 Å². The van der Waals surface area contributed by atoms with Gasteiger partial charge in [0.25, 0.3) is 20.0 Å². The van der Waals surface area contributed by atoms with Crippen LogP contribution < -0.4 is 4.72 Å². The first-order valence-electron chi connectivity index (χ1n) is 8.33. The van der Waals surface area contributed by atoms with E-state index < -0.39 is 20.0 Å². The molecule has 3 aromatic rings. The Hall–Kier alpha value is -2.29. The number of benzene rings is 2. The third-order valence-electron chi connectivity index (χ3n) is 4.40. The molecular formula is C19H19ClN2O4S2. The average Bonchev–Trinajstić information content (AvgIpc) is 2.95. The van der Waals surface area contributed by atoms with Crippen LogP contribution in [0.5, 0.6) is 0 Å². The number of nitrogens with one attached hydrogen (secondary N) is 1. The number of aromatic nitrogens is 1. The molecule has 0 aliphatic rings. The Morgan fingerprint density at radius 1 is 0.893 bits per heavy atom. The molecule has 0 amide bonds. The SMILES string of the molecule is Cc1c(Cl)cccc1NS(=O)(=O)c1cc(C)n(S(=O)(=O)c2ccccc2)c1C. The van der Waals surface area contributed by atoms with Gasteiger partial charge >= 0.3 is 0 Å². The zero-order valence-electron chi connectivity index (χ0n) is 15.5. The second kappa shape index (κ2) is 7.27. The van der Waals surface area contributed by atoms with Gasteiger partial charge in [0.15, 0.2) is 0 Å². The van der Waals surface area contributed by atoms with Crippen molar-refractivity contribution in [2.24, 2.45) is 0 Å². The Balaban J connectivity index is 2.10. The Morgan fingerprint density at radius 2 is 1.54 bits per heavy atom. The van der Waals surface area contributed by atoms with Crippen molar-refractivity contribution in [1.82, 2.24) is 3.97 Å². The fourth-order valence-electron chi connectivity index (χ4n) is 2.97. The molecule has 0 radical (unpaired) electrons. The third-order valence-corrected chi connectivity index (χ3v) is 8.21. The van der Waals surface area contributed by atoms with E-state index in [9.17, 15) is 16.8 Å². The number of anilines is 1. The summed E-state index contributed by atoms with van der Waals surface area (Å²) in [4.78, 5) is -0.0247. The monoisotopic (exact) mass is 438 g/mol. The van der Waals surface area contributed by atoms with Gasteiger partial charge < -0.3 is 0 Å². The van der Waals surface area contributed by atoms with E-state index >= 15 is 0 Å². The highest BCUT2D eigenvalue weighted by Gasteiger charge is 2.28. The van der Waals surface area contributed by atoms with E-state index in [0.717, 1.165) is 3.97 Å². The lowest BCUT2D eigenvalue weighted by Gasteiger charge is -2.13. The number of rotatable bonds is 5. The molecule has 1 heterocycles. The maximum Gasteiger partial charge on any atom is 0.268 e. The molecule has 1 aromatic heterocycles. The smallest absolute Gasteiger partial charge is 0.268 e. The fourth-order valence-corrected chi connectivity index (χ4v) is 6.24. The second-order valence-electron chi connectivity index (χ2n) is 6.34. The van der Waals surface area contributed by atoms with Crippen LogP contribution >= 0.6 is 11.6 Å². The predicted molar refractivity (Wildman–Crippen MR) is 110 cm³/mol. The van der Waals surface area contributed by atoms with E-state index in [1.807, 2.05) is 0 Å². The molecule has 6 nitrogen and oxygen atoms in total. The Morgan fingerprint density at radius 3 is 2.18 bits per heavy atom. The van der Waals surface area contributed by atoms with E-state index in [2.05, 4.69) is 4.72 Å². The van der Waals surface area contributed by atoms with E-state index in [4.69, 9.17) is 11.6 Å². The number of sulfonamides is 1. The quantitative estimate of drug-likeness (QED) is 0.649. The van der Waals surface area contributed by atoms with Gasteiger partial charge in [0.05, 0.1) is 16.3 Å². The van der Waals surface area contributed by atoms with E-state index in [1.54, 1.807) is 50.2 Å². The van der Waals surface area contributed by atoms with Gasteiger partial charge in [0.1, 0.15) is 4.90 Å². The van der Waals surface area contributed by atoms with Gasteiger partial charge in [0.2, 0.25) is 0 Å². The fraction of sp³-hybridized carbons (Fsp3) is 0.158. The van der Waals surface area contributed by atoms with Gasteiger partial charge in [-0.1, -0.05) is 35.9 Å². The van der Waals surface area contributed by atoms with Crippen molar-refractivity contribution in [2.75, 3.05) is 4.72 Å². The average molecular weight is 439 g/mol. The number of nitrogens with zero attached hydrogens (tertiary/aromatic N) is 1. The number of hydrogen-bond acceptors (Lipinski definition) is 4. The van der Waals surface area contributed by atoms with E-state index in [0.29, 0.717) is 22.0 Å². The molecule has 0 aliphatic carbocycles. The van der Waals surface area contributed by atoms with Crippen LogP contribution in [0.1, 0.15) is 17.0 Å². The van der Waals surface area contributed by atoms with Crippen LogP contribution in [0.15, 0.2) is 64.4 Å². The molecule has 0 atom stereocenters. The lowest BCUT2D eigenvalue weighted by molar-refractivity contribution is 0.584. The van der Waals surface area contributed by atoms with Crippen LogP contribution in [0.25, 0.3) is 0 Å². The molecule has 9 heteroatoms. The van der Waals surface area contributed by atoms with Crippen LogP contribution in [-0.2, 0) is 20.0 Å². The highest BCUT2D eigenvalue weighted by molar-refractivity contribution is 7.93. The molecule has 3 rings (SSSR count). The molecule has 0 spiro atoms. The van der Waals surface area contributed by atoms with Gasteiger partial charge in [-0.05, 0) is 56.7 Å². The predicted octanol–water partition coefficient (Wildman–Crippen LogP) is 4.10. The molecule has 0 bridgehead atoms. The lowest BCUT2D eigenvalue weighted by Crippen LogP contribution is -2.18. The molecule has 0 saturated heterocycles. The number of aryl methyl sites for hydroxylation is 1. The van der Waals surface area contributed by atoms with Gasteiger partial charge in [0, 0.05) is 10.7 Å². The molecule has 0 aliphatic heterocycles. The first kappa shape index (κ1) is 20.4. The normalized spacial score (nSPS) is 12.1. The summed E-state index contributed by atoms with van der Waals surface area (Å²) in [5.74, 6) is 0. The van der Waals surface area contributed by atoms with Crippen LogP contribution in [0.3, 0.4) is 0 Å². The van der Waals surface area contributed by atoms with Crippen LogP contribution in [0, 0.1) is 20.8 Å². The minimum atomic E-state index is -4.02. The van der Waals surface area contributed by atoms with E-state index in [1.165, 1.54) is 25.1 Å². The Labute approximate surface area is 169 Å². The van der Waals surface area contributed by atoms with Gasteiger partial charge in [-0.15, -0.1) is 0 Å². The molecule has 148 valence electrons. The van der Waals surface area contributed by atoms with Crippen molar-refractivity contribution >= 4 is 37.3 Å². The highest BCUT2D eigenvalue weighted by Crippen LogP contribution is 2.29. The van der Waals surface area contributed by atoms with Crippen molar-refractivity contribution < 1.29 is 16.8 Å². The zero-order valence-corrected chi connectivity index (χ0v) is 17.9. The van der Waals surface area contributed by atoms with Crippen LogP contribution in [-0.4, -0.2) is 20.8 Å². The summed E-state index contributed by atoms with van der Waals surface area (Å²) >= 11 is 6.06. The lowest BCUT2D eigenvalue weighted by atomic mass is 10.2. The molecular weight excluding hydrogens is 420 g/mol. The standard InChI is InChI=1S/C19H19ClN2O4S2/c1-13-12-19(27(23,24)21-18-11-7-10-17(20)14(18)2)15(3)22(13)28(25,26)16-8-5-4-6-9-16/h4-12,21H,1-3H3. The highest BCUT2D eigenvalue weighted by atomic mass is 35.5. The van der Waals surface area contributed by atoms with Crippen molar-refractivity contribution in [3.05, 3.63) is 76.6 Å². The minimum Gasteiger partial charge on any atom is -0.279 e. The van der Waals surface area contributed by atoms with Crippen molar-refractivity contribution in [1.29, 1.82) is 0 Å². The minimum absolute atomic E-state index is 0.0828. The Kier molecular flexibility index (Phi) is 5.31. The van der Waals surface area contributed by atoms with Crippen molar-refractivity contribution in [2.45, 2.75) is 30.6 Å². The number of halogens is 1. The van der Waals surface area contributed by atoms with Crippen molar-refractivity contribution in [3.8, 4) is 0 Å². The zero-order chi connectivity index (χ0) is 20.7. The number of hydrogen-bond donors (Lipinski definition) is 1. The van der Waals surface area contributed by atoms with Gasteiger partial charge in [-0.3, -0.25) is 4.72 Å². The summed E-state index contributed by atoms with van der Waals surface area (Å²) in [6.45, 7) is 4.72. The first-order chi connectivity index (χ1) is 13.1. The second-order valence-corrected chi connectivity index (χ2v) is 10.2. The van der Waals surface area contributed by atoms with Crippen LogP contribution in [0.4, 0.5) is 5.69 Å². The summed E-state index contributed by atoms with van der Waals surface area (Å²) in [5, 5.41) is 0.428. The van der Waals surface area contributed by atoms with Crippen molar-refractivity contribution in [3.63, 3.8) is 0 Å². The first-order valence-corrected chi connectivity index (χ1v) is 11.6. The molecule has 1 N–H and O–H groups in total. The summed E-state index contributed by atoms with van der Waals surface area (Å²) in [5.41, 5.74) is 1.32. The summed E-state index contributed by atoms with van der Waals surface area (Å²) in [6.07, 6.45) is 0. The molecule has 0 fully saturated rings. The van der Waals surface area contributed by atoms with Gasteiger partial charge in [-0.25, -0.2) is 20.8 Å². The molecule has 0 saturated carbocycles.